The molecular weight excluding hydrogens is 589 g/mol. The number of carbonyl (C=O) groups is 3. The Morgan fingerprint density at radius 2 is 1.84 bits per heavy atom. The van der Waals surface area contributed by atoms with Gasteiger partial charge in [-0.3, -0.25) is 14.4 Å². The Balaban J connectivity index is 1.63. The van der Waals surface area contributed by atoms with Crippen LogP contribution in [0.2, 0.25) is 5.02 Å². The number of nitrogens with zero attached hydrogens (tertiary/aromatic N) is 2. The highest BCUT2D eigenvalue weighted by molar-refractivity contribution is 6.31. The smallest absolute Gasteiger partial charge is 0.481 e. The number of hydrogen-bond acceptors (Lipinski definition) is 5. The maximum Gasteiger partial charge on any atom is 0.573 e. The maximum absolute atomic E-state index is 14.4. The van der Waals surface area contributed by atoms with Gasteiger partial charge in [-0.1, -0.05) is 50.6 Å². The average molecular weight is 623 g/mol. The monoisotopic (exact) mass is 622 g/mol. The first kappa shape index (κ1) is 31.1. The molecule has 3 aliphatic rings. The highest BCUT2D eigenvalue weighted by atomic mass is 35.5. The number of carbonyl (C=O) groups excluding carboxylic acids is 2. The molecule has 12 heteroatoms. The quantitative estimate of drug-likeness (QED) is 0.431. The molecule has 232 valence electrons. The molecule has 2 aromatic rings. The summed E-state index contributed by atoms with van der Waals surface area (Å²) in [5, 5.41) is 9.84. The average Bonchev–Trinajstić information content (AvgIpc) is 3.03. The lowest BCUT2D eigenvalue weighted by Crippen LogP contribution is -2.54. The molecule has 1 saturated heterocycles. The molecule has 0 aliphatic carbocycles. The Morgan fingerprint density at radius 3 is 2.51 bits per heavy atom. The summed E-state index contributed by atoms with van der Waals surface area (Å²) < 4.78 is 51.2. The van der Waals surface area contributed by atoms with Gasteiger partial charge in [0.15, 0.2) is 0 Å². The van der Waals surface area contributed by atoms with Gasteiger partial charge in [0.25, 0.3) is 5.91 Å². The van der Waals surface area contributed by atoms with Crippen molar-refractivity contribution in [2.75, 3.05) is 18.0 Å². The van der Waals surface area contributed by atoms with Crippen molar-refractivity contribution in [1.29, 1.82) is 0 Å². The largest absolute Gasteiger partial charge is 0.573 e. The van der Waals surface area contributed by atoms with Crippen LogP contribution in [0.25, 0.3) is 0 Å². The highest BCUT2D eigenvalue weighted by Crippen LogP contribution is 2.49. The van der Waals surface area contributed by atoms with Gasteiger partial charge in [0.05, 0.1) is 18.0 Å². The number of alkyl halides is 3. The fourth-order valence-corrected chi connectivity index (χ4v) is 6.71. The Hall–Kier alpha value is -3.31. The summed E-state index contributed by atoms with van der Waals surface area (Å²) in [6.45, 7) is 6.35. The molecular formula is C31H34ClF3N2O6. The van der Waals surface area contributed by atoms with Crippen LogP contribution in [0.5, 0.6) is 5.75 Å². The minimum absolute atomic E-state index is 0.00900. The molecule has 1 unspecified atom stereocenters. The van der Waals surface area contributed by atoms with Gasteiger partial charge in [-0.2, -0.15) is 0 Å². The van der Waals surface area contributed by atoms with E-state index in [0.29, 0.717) is 48.5 Å². The number of hydrogen-bond donors (Lipinski definition) is 1. The van der Waals surface area contributed by atoms with E-state index in [2.05, 4.69) is 4.74 Å². The van der Waals surface area contributed by atoms with Gasteiger partial charge >= 0.3 is 12.3 Å². The van der Waals surface area contributed by atoms with E-state index in [-0.39, 0.29) is 18.2 Å². The second-order valence-electron chi connectivity index (χ2n) is 12.4. The molecule has 0 aromatic heterocycles. The second kappa shape index (κ2) is 11.6. The third-order valence-electron chi connectivity index (χ3n) is 8.43. The number of amides is 2. The van der Waals surface area contributed by atoms with Crippen LogP contribution >= 0.6 is 11.6 Å². The first-order chi connectivity index (χ1) is 20.1. The maximum atomic E-state index is 14.4. The van der Waals surface area contributed by atoms with Crippen LogP contribution in [-0.2, 0) is 25.5 Å². The third kappa shape index (κ3) is 6.47. The SMILES string of the molecule is CC(C)(C)[C@@H]1CCc2cc(Cl)cc3c2N1C(=O)[C@@H](CC(=O)N1CCCC(C(=O)O)C1)O[C@@H]3c1ccccc1OC(F)(F)F. The number of para-hydroxylation sites is 1. The van der Waals surface area contributed by atoms with Crippen molar-refractivity contribution in [2.45, 2.75) is 77.5 Å². The van der Waals surface area contributed by atoms with Crippen molar-refractivity contribution in [3.8, 4) is 5.75 Å². The van der Waals surface area contributed by atoms with Gasteiger partial charge in [0.1, 0.15) is 18.0 Å². The molecule has 0 saturated carbocycles. The number of likely N-dealkylation sites (tertiary alicyclic amines) is 1. The number of halogens is 4. The van der Waals surface area contributed by atoms with E-state index in [0.717, 1.165) is 5.56 Å². The number of ether oxygens (including phenoxy) is 2. The van der Waals surface area contributed by atoms with Gasteiger partial charge in [-0.15, -0.1) is 13.2 Å². The van der Waals surface area contributed by atoms with Crippen molar-refractivity contribution in [2.24, 2.45) is 11.3 Å². The van der Waals surface area contributed by atoms with Crippen LogP contribution < -0.4 is 9.64 Å². The van der Waals surface area contributed by atoms with Crippen LogP contribution in [0.15, 0.2) is 36.4 Å². The summed E-state index contributed by atoms with van der Waals surface area (Å²) in [6.07, 6.45) is -5.88. The Morgan fingerprint density at radius 1 is 1.12 bits per heavy atom. The summed E-state index contributed by atoms with van der Waals surface area (Å²) in [5.41, 5.74) is 1.31. The first-order valence-corrected chi connectivity index (χ1v) is 14.7. The molecule has 2 aromatic carbocycles. The van der Waals surface area contributed by atoms with Crippen molar-refractivity contribution in [3.63, 3.8) is 0 Å². The zero-order chi connectivity index (χ0) is 31.3. The standard InChI is InChI=1S/C31H34ClF3N2O6/c1-30(2,3)24-11-10-17-13-19(32)14-21-26(17)37(24)28(39)23(15-25(38)36-12-6-7-18(16-36)29(40)41)42-27(21)20-8-4-5-9-22(20)43-31(33,34)35/h4-5,8-9,13-14,18,23-24,27H,6-7,10-12,15-16H2,1-3H3,(H,40,41)/t18?,23-,24+,27-/m1/s1. The second-order valence-corrected chi connectivity index (χ2v) is 12.9. The van der Waals surface area contributed by atoms with Crippen molar-refractivity contribution < 1.29 is 42.1 Å². The van der Waals surface area contributed by atoms with Crippen molar-refractivity contribution in [3.05, 3.63) is 58.1 Å². The summed E-state index contributed by atoms with van der Waals surface area (Å²) in [5.74, 6) is -3.16. The molecule has 2 amide bonds. The van der Waals surface area contributed by atoms with Crippen LogP contribution in [0, 0.1) is 11.3 Å². The summed E-state index contributed by atoms with van der Waals surface area (Å²) in [7, 11) is 0. The van der Waals surface area contributed by atoms with Gasteiger partial charge < -0.3 is 24.4 Å². The minimum Gasteiger partial charge on any atom is -0.481 e. The topological polar surface area (TPSA) is 96.4 Å². The zero-order valence-electron chi connectivity index (χ0n) is 24.1. The number of anilines is 1. The van der Waals surface area contributed by atoms with E-state index in [9.17, 15) is 32.7 Å². The predicted octanol–water partition coefficient (Wildman–Crippen LogP) is 6.13. The predicted molar refractivity (Wildman–Crippen MR) is 152 cm³/mol. The highest BCUT2D eigenvalue weighted by Gasteiger charge is 2.47. The van der Waals surface area contributed by atoms with E-state index in [1.807, 2.05) is 20.8 Å². The van der Waals surface area contributed by atoms with E-state index < -0.39 is 59.9 Å². The number of piperidine rings is 1. The molecule has 3 heterocycles. The molecule has 1 fully saturated rings. The van der Waals surface area contributed by atoms with Crippen LogP contribution in [-0.4, -0.2) is 59.4 Å². The normalized spacial score (nSPS) is 24.3. The van der Waals surface area contributed by atoms with Crippen LogP contribution in [0.1, 0.15) is 69.2 Å². The number of benzene rings is 2. The lowest BCUT2D eigenvalue weighted by atomic mass is 9.78. The Kier molecular flexibility index (Phi) is 8.43. The summed E-state index contributed by atoms with van der Waals surface area (Å²) >= 11 is 6.53. The van der Waals surface area contributed by atoms with Crippen molar-refractivity contribution in [1.82, 2.24) is 4.90 Å². The molecule has 0 spiro atoms. The molecule has 8 nitrogen and oxygen atoms in total. The molecule has 0 radical (unpaired) electrons. The zero-order valence-corrected chi connectivity index (χ0v) is 24.9. The number of carboxylic acid groups (broad SMARTS) is 1. The number of carboxylic acids is 1. The Bertz CT molecular complexity index is 1430. The number of rotatable bonds is 5. The van der Waals surface area contributed by atoms with E-state index in [4.69, 9.17) is 16.3 Å². The molecule has 5 rings (SSSR count). The van der Waals surface area contributed by atoms with E-state index in [1.165, 1.54) is 23.1 Å². The third-order valence-corrected chi connectivity index (χ3v) is 8.65. The van der Waals surface area contributed by atoms with Gasteiger partial charge in [-0.05, 0) is 54.9 Å². The molecule has 3 aliphatic heterocycles. The van der Waals surface area contributed by atoms with Crippen LogP contribution in [0.3, 0.4) is 0 Å². The molecule has 43 heavy (non-hydrogen) atoms. The summed E-state index contributed by atoms with van der Waals surface area (Å²) in [6, 6.07) is 8.59. The molecule has 1 N–H and O–H groups in total. The van der Waals surface area contributed by atoms with Crippen molar-refractivity contribution >= 4 is 35.1 Å². The number of aliphatic carboxylic acids is 1. The van der Waals surface area contributed by atoms with E-state index >= 15 is 0 Å². The fraction of sp³-hybridized carbons (Fsp3) is 0.516. The Labute approximate surface area is 252 Å². The van der Waals surface area contributed by atoms with Gasteiger partial charge in [-0.25, -0.2) is 0 Å². The summed E-state index contributed by atoms with van der Waals surface area (Å²) in [4.78, 5) is 42.7. The first-order valence-electron chi connectivity index (χ1n) is 14.3. The fourth-order valence-electron chi connectivity index (χ4n) is 6.46. The lowest BCUT2D eigenvalue weighted by Gasteiger charge is -2.45. The molecule has 4 atom stereocenters. The molecule has 0 bridgehead atoms. The van der Waals surface area contributed by atoms with Gasteiger partial charge in [0, 0.05) is 35.3 Å². The minimum atomic E-state index is -4.99. The van der Waals surface area contributed by atoms with Crippen LogP contribution in [0.4, 0.5) is 18.9 Å². The van der Waals surface area contributed by atoms with E-state index in [1.54, 1.807) is 23.1 Å². The lowest BCUT2D eigenvalue weighted by molar-refractivity contribution is -0.275. The number of aryl methyl sites for hydroxylation is 1. The van der Waals surface area contributed by atoms with Gasteiger partial charge in [0.2, 0.25) is 5.91 Å².